The van der Waals surface area contributed by atoms with E-state index in [4.69, 9.17) is 0 Å². The predicted octanol–water partition coefficient (Wildman–Crippen LogP) is 0.677. The Balaban J connectivity index is 2.25. The van der Waals surface area contributed by atoms with Gasteiger partial charge >= 0.3 is 0 Å². The molecule has 0 bridgehead atoms. The van der Waals surface area contributed by atoms with E-state index >= 15 is 0 Å². The lowest BCUT2D eigenvalue weighted by atomic mass is 10.3. The minimum atomic E-state index is -3.48. The van der Waals surface area contributed by atoms with Crippen molar-refractivity contribution in [1.82, 2.24) is 19.1 Å². The Morgan fingerprint density at radius 3 is 2.60 bits per heavy atom. The number of benzene rings is 1. The van der Waals surface area contributed by atoms with Crippen molar-refractivity contribution >= 4 is 15.7 Å². The number of hydrogen-bond acceptors (Lipinski definition) is 5. The van der Waals surface area contributed by atoms with E-state index in [1.165, 1.54) is 18.4 Å². The van der Waals surface area contributed by atoms with Crippen LogP contribution in [0.15, 0.2) is 35.5 Å². The molecule has 0 spiro atoms. The molecule has 0 fully saturated rings. The van der Waals surface area contributed by atoms with Gasteiger partial charge in [0.05, 0.1) is 12.2 Å². The second kappa shape index (κ2) is 5.59. The van der Waals surface area contributed by atoms with Gasteiger partial charge in [-0.25, -0.2) is 17.7 Å². The van der Waals surface area contributed by atoms with E-state index in [9.17, 15) is 8.42 Å². The van der Waals surface area contributed by atoms with Crippen LogP contribution >= 0.6 is 0 Å². The second-order valence-electron chi connectivity index (χ2n) is 4.47. The Kier molecular flexibility index (Phi) is 4.05. The normalized spacial score (nSPS) is 11.8. The van der Waals surface area contributed by atoms with Crippen LogP contribution in [0.4, 0.5) is 5.69 Å². The topological polar surface area (TPSA) is 80.1 Å². The van der Waals surface area contributed by atoms with Gasteiger partial charge in [0.1, 0.15) is 11.2 Å². The second-order valence-corrected chi connectivity index (χ2v) is 6.59. The van der Waals surface area contributed by atoms with Crippen molar-refractivity contribution in [3.8, 4) is 0 Å². The molecule has 2 aromatic rings. The fourth-order valence-electron chi connectivity index (χ4n) is 1.67. The molecule has 0 saturated heterocycles. The van der Waals surface area contributed by atoms with Gasteiger partial charge in [-0.1, -0.05) is 12.1 Å². The number of nitrogens with one attached hydrogen (secondary N) is 1. The number of hydrogen-bond donors (Lipinski definition) is 1. The summed E-state index contributed by atoms with van der Waals surface area (Å²) in [5.41, 5.74) is 0.536. The van der Waals surface area contributed by atoms with Crippen LogP contribution < -0.4 is 5.32 Å². The third-order valence-electron chi connectivity index (χ3n) is 2.73. The van der Waals surface area contributed by atoms with Crippen LogP contribution in [0.1, 0.15) is 5.82 Å². The molecular weight excluding hydrogens is 278 g/mol. The largest absolute Gasteiger partial charge is 0.377 e. The van der Waals surface area contributed by atoms with Gasteiger partial charge in [-0.3, -0.25) is 4.68 Å². The van der Waals surface area contributed by atoms with Crippen molar-refractivity contribution in [3.63, 3.8) is 0 Å². The molecule has 1 aromatic carbocycles. The van der Waals surface area contributed by atoms with Gasteiger partial charge in [0.25, 0.3) is 0 Å². The van der Waals surface area contributed by atoms with Crippen LogP contribution in [-0.4, -0.2) is 41.6 Å². The van der Waals surface area contributed by atoms with Gasteiger partial charge in [0, 0.05) is 21.1 Å². The Bertz CT molecular complexity index is 693. The van der Waals surface area contributed by atoms with Crippen molar-refractivity contribution in [3.05, 3.63) is 36.4 Å². The Hall–Kier alpha value is -1.93. The monoisotopic (exact) mass is 295 g/mol. The highest BCUT2D eigenvalue weighted by Crippen LogP contribution is 2.23. The van der Waals surface area contributed by atoms with Crippen LogP contribution in [0, 0.1) is 0 Å². The molecule has 0 atom stereocenters. The van der Waals surface area contributed by atoms with E-state index in [1.807, 2.05) is 0 Å². The molecule has 0 aliphatic heterocycles. The fourth-order valence-corrected chi connectivity index (χ4v) is 2.74. The quantitative estimate of drug-likeness (QED) is 0.877. The molecular formula is C12H17N5O2S. The molecule has 0 aliphatic carbocycles. The van der Waals surface area contributed by atoms with Crippen LogP contribution in [0.5, 0.6) is 0 Å². The summed E-state index contributed by atoms with van der Waals surface area (Å²) in [5.74, 6) is 0.601. The first-order chi connectivity index (χ1) is 9.41. The molecule has 0 unspecified atom stereocenters. The summed E-state index contributed by atoms with van der Waals surface area (Å²) in [4.78, 5) is 4.32. The average molecular weight is 295 g/mol. The number of sulfonamides is 1. The third-order valence-corrected chi connectivity index (χ3v) is 4.60. The smallest absolute Gasteiger partial charge is 0.244 e. The maximum absolute atomic E-state index is 12.2. The molecule has 2 rings (SSSR count). The summed E-state index contributed by atoms with van der Waals surface area (Å²) in [5, 5.41) is 7.20. The van der Waals surface area contributed by atoms with Crippen molar-refractivity contribution in [2.24, 2.45) is 7.05 Å². The fraction of sp³-hybridized carbons (Fsp3) is 0.333. The number of para-hydroxylation sites is 1. The van der Waals surface area contributed by atoms with Gasteiger partial charge in [0.15, 0.2) is 5.82 Å². The first-order valence-corrected chi connectivity index (χ1v) is 7.45. The highest BCUT2D eigenvalue weighted by molar-refractivity contribution is 7.89. The Labute approximate surface area is 118 Å². The molecule has 0 amide bonds. The summed E-state index contributed by atoms with van der Waals surface area (Å²) in [6, 6.07) is 6.77. The summed E-state index contributed by atoms with van der Waals surface area (Å²) < 4.78 is 27.2. The highest BCUT2D eigenvalue weighted by atomic mass is 32.2. The van der Waals surface area contributed by atoms with E-state index in [0.29, 0.717) is 18.1 Å². The van der Waals surface area contributed by atoms with E-state index in [1.54, 1.807) is 42.3 Å². The Morgan fingerprint density at radius 1 is 1.30 bits per heavy atom. The molecule has 8 heteroatoms. The molecule has 1 aromatic heterocycles. The number of anilines is 1. The van der Waals surface area contributed by atoms with Gasteiger partial charge in [-0.05, 0) is 12.1 Å². The minimum Gasteiger partial charge on any atom is -0.377 e. The molecule has 1 heterocycles. The van der Waals surface area contributed by atoms with E-state index in [-0.39, 0.29) is 4.90 Å². The third kappa shape index (κ3) is 2.97. The summed E-state index contributed by atoms with van der Waals surface area (Å²) in [6.45, 7) is 0.362. The summed E-state index contributed by atoms with van der Waals surface area (Å²) in [6.07, 6.45) is 1.60. The SMILES string of the molecule is CN(C)S(=O)(=O)c1ccccc1NCc1ncn(C)n1. The zero-order valence-corrected chi connectivity index (χ0v) is 12.4. The lowest BCUT2D eigenvalue weighted by molar-refractivity contribution is 0.521. The van der Waals surface area contributed by atoms with Gasteiger partial charge in [-0.15, -0.1) is 0 Å². The highest BCUT2D eigenvalue weighted by Gasteiger charge is 2.20. The lowest BCUT2D eigenvalue weighted by Crippen LogP contribution is -2.23. The average Bonchev–Trinajstić information content (AvgIpc) is 2.82. The lowest BCUT2D eigenvalue weighted by Gasteiger charge is -2.15. The van der Waals surface area contributed by atoms with Crippen molar-refractivity contribution in [2.75, 3.05) is 19.4 Å². The van der Waals surface area contributed by atoms with Gasteiger partial charge in [-0.2, -0.15) is 5.10 Å². The number of aryl methyl sites for hydroxylation is 1. The Morgan fingerprint density at radius 2 is 2.00 bits per heavy atom. The zero-order valence-electron chi connectivity index (χ0n) is 11.6. The zero-order chi connectivity index (χ0) is 14.8. The van der Waals surface area contributed by atoms with Crippen LogP contribution in [0.3, 0.4) is 0 Å². The van der Waals surface area contributed by atoms with Crippen molar-refractivity contribution in [1.29, 1.82) is 0 Å². The minimum absolute atomic E-state index is 0.237. The molecule has 1 N–H and O–H groups in total. The number of rotatable bonds is 5. The molecule has 0 radical (unpaired) electrons. The molecule has 0 aliphatic rings. The van der Waals surface area contributed by atoms with E-state index in [2.05, 4.69) is 15.4 Å². The molecule has 20 heavy (non-hydrogen) atoms. The van der Waals surface area contributed by atoms with E-state index < -0.39 is 10.0 Å². The van der Waals surface area contributed by atoms with Crippen LogP contribution in [-0.2, 0) is 23.6 Å². The van der Waals surface area contributed by atoms with Crippen LogP contribution in [0.2, 0.25) is 0 Å². The molecule has 7 nitrogen and oxygen atoms in total. The number of nitrogens with zero attached hydrogens (tertiary/aromatic N) is 4. The predicted molar refractivity (Wildman–Crippen MR) is 75.6 cm³/mol. The summed E-state index contributed by atoms with van der Waals surface area (Å²) in [7, 11) is 1.31. The summed E-state index contributed by atoms with van der Waals surface area (Å²) >= 11 is 0. The molecule has 0 saturated carbocycles. The standard InChI is InChI=1S/C12H17N5O2S/c1-16(2)20(18,19)11-7-5-4-6-10(11)13-8-12-14-9-17(3)15-12/h4-7,9,13H,8H2,1-3H3. The number of aromatic nitrogens is 3. The van der Waals surface area contributed by atoms with Crippen molar-refractivity contribution in [2.45, 2.75) is 11.4 Å². The first-order valence-electron chi connectivity index (χ1n) is 6.01. The first kappa shape index (κ1) is 14.5. The van der Waals surface area contributed by atoms with Gasteiger partial charge < -0.3 is 5.32 Å². The maximum atomic E-state index is 12.2. The van der Waals surface area contributed by atoms with Crippen molar-refractivity contribution < 1.29 is 8.42 Å². The molecule has 108 valence electrons. The van der Waals surface area contributed by atoms with Crippen LogP contribution in [0.25, 0.3) is 0 Å². The van der Waals surface area contributed by atoms with E-state index in [0.717, 1.165) is 0 Å². The van der Waals surface area contributed by atoms with Gasteiger partial charge in [0.2, 0.25) is 10.0 Å². The maximum Gasteiger partial charge on any atom is 0.244 e.